The third-order valence-electron chi connectivity index (χ3n) is 4.98. The van der Waals surface area contributed by atoms with Gasteiger partial charge in [-0.2, -0.15) is 0 Å². The summed E-state index contributed by atoms with van der Waals surface area (Å²) in [6.45, 7) is 8.29. The molecular formula is C16H30N2O4. The molecule has 2 rings (SSSR count). The summed E-state index contributed by atoms with van der Waals surface area (Å²) in [5.74, 6) is 0.644. The zero-order valence-electron chi connectivity index (χ0n) is 14.2. The van der Waals surface area contributed by atoms with Crippen molar-refractivity contribution in [2.24, 2.45) is 11.3 Å². The molecule has 2 aliphatic rings. The van der Waals surface area contributed by atoms with Crippen molar-refractivity contribution in [2.45, 2.75) is 52.0 Å². The molecule has 2 unspecified atom stereocenters. The number of methoxy groups -OCH3 is 1. The molecule has 1 spiro atoms. The third-order valence-corrected chi connectivity index (χ3v) is 4.98. The highest BCUT2D eigenvalue weighted by Gasteiger charge is 2.54. The number of hydrogen-bond donors (Lipinski definition) is 2. The maximum absolute atomic E-state index is 11.0. The van der Waals surface area contributed by atoms with E-state index in [0.29, 0.717) is 17.9 Å². The van der Waals surface area contributed by atoms with E-state index in [0.717, 1.165) is 32.5 Å². The molecule has 0 aromatic heterocycles. The first kappa shape index (κ1) is 17.7. The van der Waals surface area contributed by atoms with E-state index >= 15 is 0 Å². The Hall–Kier alpha value is -0.690. The lowest BCUT2D eigenvalue weighted by molar-refractivity contribution is -0.256. The Labute approximate surface area is 133 Å². The van der Waals surface area contributed by atoms with Gasteiger partial charge >= 0.3 is 0 Å². The summed E-state index contributed by atoms with van der Waals surface area (Å²) in [5.41, 5.74) is -0.127. The second-order valence-corrected chi connectivity index (χ2v) is 7.37. The minimum absolute atomic E-state index is 0.0451. The highest BCUT2D eigenvalue weighted by atomic mass is 16.6. The van der Waals surface area contributed by atoms with Crippen LogP contribution < -0.4 is 5.32 Å². The molecule has 0 aromatic rings. The van der Waals surface area contributed by atoms with Crippen LogP contribution in [0.5, 0.6) is 0 Å². The number of aliphatic hydroxyl groups excluding tert-OH is 1. The summed E-state index contributed by atoms with van der Waals surface area (Å²) < 4.78 is 10.8. The molecular weight excluding hydrogens is 284 g/mol. The zero-order valence-corrected chi connectivity index (χ0v) is 14.2. The van der Waals surface area contributed by atoms with E-state index in [1.54, 1.807) is 14.0 Å². The Bertz CT molecular complexity index is 392. The van der Waals surface area contributed by atoms with Gasteiger partial charge in [-0.15, -0.1) is 0 Å². The van der Waals surface area contributed by atoms with Gasteiger partial charge in [0.25, 0.3) is 0 Å². The highest BCUT2D eigenvalue weighted by Crippen LogP contribution is 2.59. The molecule has 22 heavy (non-hydrogen) atoms. The van der Waals surface area contributed by atoms with Gasteiger partial charge in [0.05, 0.1) is 12.2 Å². The topological polar surface area (TPSA) is 71.0 Å². The molecule has 1 amide bonds. The minimum Gasteiger partial charge on any atom is -0.382 e. The number of hydrogen-bond acceptors (Lipinski definition) is 5. The fourth-order valence-corrected chi connectivity index (χ4v) is 3.53. The molecule has 0 radical (unpaired) electrons. The molecule has 6 heteroatoms. The highest BCUT2D eigenvalue weighted by molar-refractivity contribution is 5.72. The standard InChI is InChI=1S/C16H30N2O4/c1-12(19)17-10-13-9-16(13)5-7-18(8-6-16)14(20)22-15(2,3)11-21-4/h13-14,20H,5-11H2,1-4H3,(H,17,19). The summed E-state index contributed by atoms with van der Waals surface area (Å²) in [4.78, 5) is 13.0. The molecule has 128 valence electrons. The Morgan fingerprint density at radius 3 is 2.64 bits per heavy atom. The number of nitrogens with zero attached hydrogens (tertiary/aromatic N) is 1. The van der Waals surface area contributed by atoms with Crippen molar-refractivity contribution in [3.8, 4) is 0 Å². The van der Waals surface area contributed by atoms with Gasteiger partial charge in [0.2, 0.25) is 12.3 Å². The van der Waals surface area contributed by atoms with Crippen molar-refractivity contribution >= 4 is 5.91 Å². The Morgan fingerprint density at radius 2 is 2.09 bits per heavy atom. The van der Waals surface area contributed by atoms with Crippen LogP contribution in [-0.2, 0) is 14.3 Å². The van der Waals surface area contributed by atoms with Crippen molar-refractivity contribution < 1.29 is 19.4 Å². The maximum atomic E-state index is 11.0. The number of likely N-dealkylation sites (tertiary alicyclic amines) is 1. The van der Waals surface area contributed by atoms with Crippen molar-refractivity contribution in [2.75, 3.05) is 33.4 Å². The first-order valence-electron chi connectivity index (χ1n) is 8.11. The number of carbonyl (C=O) groups is 1. The van der Waals surface area contributed by atoms with Crippen LogP contribution in [0, 0.1) is 11.3 Å². The number of rotatable bonds is 7. The predicted octanol–water partition coefficient (Wildman–Crippen LogP) is 0.942. The second kappa shape index (κ2) is 6.83. The lowest BCUT2D eigenvalue weighted by Crippen LogP contribution is -2.48. The SMILES string of the molecule is COCC(C)(C)OC(O)N1CCC2(CC1)CC2CNC(C)=O. The first-order chi connectivity index (χ1) is 10.3. The van der Waals surface area contributed by atoms with E-state index in [-0.39, 0.29) is 5.91 Å². The van der Waals surface area contributed by atoms with Crippen LogP contribution >= 0.6 is 0 Å². The molecule has 1 saturated carbocycles. The number of amides is 1. The molecule has 1 aliphatic heterocycles. The molecule has 6 nitrogen and oxygen atoms in total. The van der Waals surface area contributed by atoms with Gasteiger partial charge in [0, 0.05) is 33.7 Å². The van der Waals surface area contributed by atoms with Crippen molar-refractivity contribution in [1.29, 1.82) is 0 Å². The van der Waals surface area contributed by atoms with E-state index in [2.05, 4.69) is 5.32 Å². The predicted molar refractivity (Wildman–Crippen MR) is 83.1 cm³/mol. The molecule has 0 aromatic carbocycles. The molecule has 1 heterocycles. The number of piperidine rings is 1. The minimum atomic E-state index is -0.880. The van der Waals surface area contributed by atoms with Crippen LogP contribution in [0.2, 0.25) is 0 Å². The largest absolute Gasteiger partial charge is 0.382 e. The van der Waals surface area contributed by atoms with Crippen LogP contribution in [0.1, 0.15) is 40.0 Å². The quantitative estimate of drug-likeness (QED) is 0.685. The van der Waals surface area contributed by atoms with Crippen molar-refractivity contribution in [3.63, 3.8) is 0 Å². The monoisotopic (exact) mass is 314 g/mol. The average Bonchev–Trinajstić information content (AvgIpc) is 3.09. The summed E-state index contributed by atoms with van der Waals surface area (Å²) in [7, 11) is 1.63. The zero-order chi connectivity index (χ0) is 16.4. The summed E-state index contributed by atoms with van der Waals surface area (Å²) in [5, 5.41) is 13.2. The average molecular weight is 314 g/mol. The number of aliphatic hydroxyl groups is 1. The summed E-state index contributed by atoms with van der Waals surface area (Å²) in [6.07, 6.45) is 2.42. The Morgan fingerprint density at radius 1 is 1.45 bits per heavy atom. The Kier molecular flexibility index (Phi) is 5.48. The third kappa shape index (κ3) is 4.41. The van der Waals surface area contributed by atoms with E-state index in [9.17, 15) is 9.90 Å². The van der Waals surface area contributed by atoms with Gasteiger partial charge in [0.15, 0.2) is 0 Å². The lowest BCUT2D eigenvalue weighted by Gasteiger charge is -2.38. The van der Waals surface area contributed by atoms with E-state index in [4.69, 9.17) is 9.47 Å². The maximum Gasteiger partial charge on any atom is 0.216 e. The van der Waals surface area contributed by atoms with Crippen LogP contribution in [0.3, 0.4) is 0 Å². The fraction of sp³-hybridized carbons (Fsp3) is 0.938. The van der Waals surface area contributed by atoms with Crippen molar-refractivity contribution in [1.82, 2.24) is 10.2 Å². The van der Waals surface area contributed by atoms with Gasteiger partial charge in [0.1, 0.15) is 0 Å². The molecule has 2 atom stereocenters. The summed E-state index contributed by atoms with van der Waals surface area (Å²) >= 11 is 0. The molecule has 1 aliphatic carbocycles. The molecule has 1 saturated heterocycles. The smallest absolute Gasteiger partial charge is 0.216 e. The fourth-order valence-electron chi connectivity index (χ4n) is 3.53. The van der Waals surface area contributed by atoms with Gasteiger partial charge in [-0.25, -0.2) is 0 Å². The number of ether oxygens (including phenoxy) is 2. The number of nitrogens with one attached hydrogen (secondary N) is 1. The van der Waals surface area contributed by atoms with Crippen LogP contribution in [0.25, 0.3) is 0 Å². The van der Waals surface area contributed by atoms with Gasteiger partial charge < -0.3 is 19.9 Å². The van der Waals surface area contributed by atoms with Crippen molar-refractivity contribution in [3.05, 3.63) is 0 Å². The molecule has 0 bridgehead atoms. The van der Waals surface area contributed by atoms with E-state index in [1.807, 2.05) is 18.7 Å². The second-order valence-electron chi connectivity index (χ2n) is 7.37. The molecule has 2 fully saturated rings. The normalized spacial score (nSPS) is 26.0. The van der Waals surface area contributed by atoms with E-state index in [1.165, 1.54) is 6.42 Å². The lowest BCUT2D eigenvalue weighted by atomic mass is 9.91. The summed E-state index contributed by atoms with van der Waals surface area (Å²) in [6, 6.07) is 0. The van der Waals surface area contributed by atoms with Crippen LogP contribution in [0.4, 0.5) is 0 Å². The van der Waals surface area contributed by atoms with Crippen LogP contribution in [0.15, 0.2) is 0 Å². The Balaban J connectivity index is 1.75. The van der Waals surface area contributed by atoms with Gasteiger partial charge in [-0.3, -0.25) is 9.69 Å². The van der Waals surface area contributed by atoms with E-state index < -0.39 is 12.0 Å². The van der Waals surface area contributed by atoms with Crippen LogP contribution in [-0.4, -0.2) is 61.3 Å². The first-order valence-corrected chi connectivity index (χ1v) is 8.11. The van der Waals surface area contributed by atoms with Gasteiger partial charge in [-0.1, -0.05) is 0 Å². The molecule has 2 N–H and O–H groups in total. The number of carbonyl (C=O) groups excluding carboxylic acids is 1. The van der Waals surface area contributed by atoms with Gasteiger partial charge in [-0.05, 0) is 44.4 Å².